The molecule has 0 saturated heterocycles. The highest BCUT2D eigenvalue weighted by Crippen LogP contribution is 2.09. The number of hydrogen-bond acceptors (Lipinski definition) is 2. The van der Waals surface area contributed by atoms with Gasteiger partial charge in [0.05, 0.1) is 0 Å². The molecule has 0 aliphatic carbocycles. The van der Waals surface area contributed by atoms with Crippen molar-refractivity contribution < 1.29 is 0 Å². The third-order valence-corrected chi connectivity index (χ3v) is 2.44. The smallest absolute Gasteiger partial charge is 0.0340 e. The van der Waals surface area contributed by atoms with Crippen LogP contribution >= 0.6 is 0 Å². The zero-order valence-corrected chi connectivity index (χ0v) is 10.0. The number of nitrogens with one attached hydrogen (secondary N) is 2. The zero-order valence-electron chi connectivity index (χ0n) is 10.0. The van der Waals surface area contributed by atoms with Crippen molar-refractivity contribution in [1.29, 1.82) is 0 Å². The van der Waals surface area contributed by atoms with Crippen LogP contribution in [0.3, 0.4) is 0 Å². The third-order valence-electron chi connectivity index (χ3n) is 2.44. The molecule has 0 bridgehead atoms. The van der Waals surface area contributed by atoms with E-state index in [1.807, 2.05) is 7.05 Å². The lowest BCUT2D eigenvalue weighted by Crippen LogP contribution is -2.16. The molecule has 0 aromatic heterocycles. The minimum absolute atomic E-state index is 0.779. The van der Waals surface area contributed by atoms with E-state index >= 15 is 0 Å². The van der Waals surface area contributed by atoms with E-state index in [0.29, 0.717) is 0 Å². The van der Waals surface area contributed by atoms with E-state index in [2.05, 4.69) is 48.7 Å². The molecule has 0 radical (unpaired) electrons. The van der Waals surface area contributed by atoms with Gasteiger partial charge in [-0.1, -0.05) is 26.0 Å². The maximum Gasteiger partial charge on any atom is 0.0340 e. The van der Waals surface area contributed by atoms with Gasteiger partial charge in [-0.15, -0.1) is 0 Å². The van der Waals surface area contributed by atoms with Gasteiger partial charge in [-0.3, -0.25) is 0 Å². The second-order valence-corrected chi connectivity index (χ2v) is 4.31. The van der Waals surface area contributed by atoms with Gasteiger partial charge in [0.15, 0.2) is 0 Å². The largest absolute Gasteiger partial charge is 0.388 e. The van der Waals surface area contributed by atoms with E-state index in [-0.39, 0.29) is 0 Å². The Labute approximate surface area is 93.1 Å². The highest BCUT2D eigenvalue weighted by atomic mass is 14.8. The molecule has 0 amide bonds. The minimum Gasteiger partial charge on any atom is -0.388 e. The molecule has 0 aliphatic rings. The Balaban J connectivity index is 2.30. The van der Waals surface area contributed by atoms with Crippen molar-refractivity contribution >= 4 is 5.69 Å². The fourth-order valence-corrected chi connectivity index (χ4v) is 1.46. The summed E-state index contributed by atoms with van der Waals surface area (Å²) in [6.07, 6.45) is 1.24. The molecule has 0 heterocycles. The van der Waals surface area contributed by atoms with Crippen LogP contribution in [0.15, 0.2) is 24.3 Å². The molecule has 0 fully saturated rings. The first-order valence-corrected chi connectivity index (χ1v) is 5.69. The van der Waals surface area contributed by atoms with Crippen molar-refractivity contribution in [3.63, 3.8) is 0 Å². The van der Waals surface area contributed by atoms with Crippen LogP contribution in [0.2, 0.25) is 0 Å². The second-order valence-electron chi connectivity index (χ2n) is 4.31. The Morgan fingerprint density at radius 2 is 2.07 bits per heavy atom. The first-order valence-electron chi connectivity index (χ1n) is 5.69. The van der Waals surface area contributed by atoms with Crippen molar-refractivity contribution in [3.8, 4) is 0 Å². The van der Waals surface area contributed by atoms with Gasteiger partial charge < -0.3 is 10.6 Å². The van der Waals surface area contributed by atoms with E-state index in [0.717, 1.165) is 19.0 Å². The van der Waals surface area contributed by atoms with Gasteiger partial charge in [0.1, 0.15) is 0 Å². The molecule has 0 unspecified atom stereocenters. The molecular weight excluding hydrogens is 184 g/mol. The summed E-state index contributed by atoms with van der Waals surface area (Å²) in [5.74, 6) is 0.779. The molecule has 0 saturated carbocycles. The van der Waals surface area contributed by atoms with Gasteiger partial charge >= 0.3 is 0 Å². The van der Waals surface area contributed by atoms with Crippen LogP contribution in [-0.2, 0) is 6.54 Å². The molecule has 2 heteroatoms. The van der Waals surface area contributed by atoms with Crippen molar-refractivity contribution in [1.82, 2.24) is 5.32 Å². The predicted molar refractivity (Wildman–Crippen MR) is 67.2 cm³/mol. The van der Waals surface area contributed by atoms with Crippen LogP contribution in [0.4, 0.5) is 5.69 Å². The summed E-state index contributed by atoms with van der Waals surface area (Å²) in [5.41, 5.74) is 2.52. The van der Waals surface area contributed by atoms with Crippen molar-refractivity contribution in [3.05, 3.63) is 29.8 Å². The summed E-state index contributed by atoms with van der Waals surface area (Å²) in [7, 11) is 1.95. The summed E-state index contributed by atoms with van der Waals surface area (Å²) in [4.78, 5) is 0. The van der Waals surface area contributed by atoms with Crippen LogP contribution < -0.4 is 10.6 Å². The quantitative estimate of drug-likeness (QED) is 0.699. The molecule has 0 spiro atoms. The van der Waals surface area contributed by atoms with E-state index < -0.39 is 0 Å². The molecule has 2 N–H and O–H groups in total. The van der Waals surface area contributed by atoms with Gasteiger partial charge in [0, 0.05) is 19.3 Å². The first-order chi connectivity index (χ1) is 7.22. The third kappa shape index (κ3) is 4.84. The van der Waals surface area contributed by atoms with Crippen molar-refractivity contribution in [2.24, 2.45) is 5.92 Å². The summed E-state index contributed by atoms with van der Waals surface area (Å²) in [6.45, 7) is 6.57. The van der Waals surface area contributed by atoms with E-state index in [1.165, 1.54) is 17.7 Å². The SMILES string of the molecule is CNc1cccc(CNCCC(C)C)c1. The Morgan fingerprint density at radius 3 is 2.73 bits per heavy atom. The van der Waals surface area contributed by atoms with Gasteiger partial charge in [0.25, 0.3) is 0 Å². The Kier molecular flexibility index (Phi) is 5.19. The number of benzene rings is 1. The molecule has 15 heavy (non-hydrogen) atoms. The van der Waals surface area contributed by atoms with Gasteiger partial charge in [-0.25, -0.2) is 0 Å². The fraction of sp³-hybridized carbons (Fsp3) is 0.538. The van der Waals surface area contributed by atoms with E-state index in [4.69, 9.17) is 0 Å². The lowest BCUT2D eigenvalue weighted by molar-refractivity contribution is 0.537. The monoisotopic (exact) mass is 206 g/mol. The Hall–Kier alpha value is -1.02. The molecular formula is C13H22N2. The number of anilines is 1. The van der Waals surface area contributed by atoms with Gasteiger partial charge in [0.2, 0.25) is 0 Å². The van der Waals surface area contributed by atoms with Gasteiger partial charge in [-0.05, 0) is 36.6 Å². The fourth-order valence-electron chi connectivity index (χ4n) is 1.46. The molecule has 0 aliphatic heterocycles. The average molecular weight is 206 g/mol. The van der Waals surface area contributed by atoms with Crippen LogP contribution in [-0.4, -0.2) is 13.6 Å². The van der Waals surface area contributed by atoms with E-state index in [9.17, 15) is 0 Å². The first kappa shape index (κ1) is 12.1. The molecule has 1 aromatic rings. The standard InChI is InChI=1S/C13H22N2/c1-11(2)7-8-15-10-12-5-4-6-13(9-12)14-3/h4-6,9,11,14-15H,7-8,10H2,1-3H3. The van der Waals surface area contributed by atoms with Crippen LogP contribution in [0.1, 0.15) is 25.8 Å². The minimum atomic E-state index is 0.779. The number of hydrogen-bond donors (Lipinski definition) is 2. The van der Waals surface area contributed by atoms with Crippen molar-refractivity contribution in [2.75, 3.05) is 18.9 Å². The van der Waals surface area contributed by atoms with Crippen molar-refractivity contribution in [2.45, 2.75) is 26.8 Å². The van der Waals surface area contributed by atoms with Crippen LogP contribution in [0, 0.1) is 5.92 Å². The summed E-state index contributed by atoms with van der Waals surface area (Å²) < 4.78 is 0. The second kappa shape index (κ2) is 6.46. The predicted octanol–water partition coefficient (Wildman–Crippen LogP) is 2.86. The number of rotatable bonds is 6. The Bertz CT molecular complexity index is 282. The molecule has 84 valence electrons. The maximum atomic E-state index is 3.46. The highest BCUT2D eigenvalue weighted by Gasteiger charge is 1.95. The molecule has 1 aromatic carbocycles. The molecule has 0 atom stereocenters. The lowest BCUT2D eigenvalue weighted by Gasteiger charge is -2.08. The molecule has 1 rings (SSSR count). The summed E-state index contributed by atoms with van der Waals surface area (Å²) in [6, 6.07) is 8.51. The Morgan fingerprint density at radius 1 is 1.27 bits per heavy atom. The highest BCUT2D eigenvalue weighted by molar-refractivity contribution is 5.44. The van der Waals surface area contributed by atoms with Gasteiger partial charge in [-0.2, -0.15) is 0 Å². The zero-order chi connectivity index (χ0) is 11.1. The van der Waals surface area contributed by atoms with Crippen LogP contribution in [0.25, 0.3) is 0 Å². The molecule has 2 nitrogen and oxygen atoms in total. The maximum absolute atomic E-state index is 3.46. The summed E-state index contributed by atoms with van der Waals surface area (Å²) >= 11 is 0. The van der Waals surface area contributed by atoms with E-state index in [1.54, 1.807) is 0 Å². The average Bonchev–Trinajstić information content (AvgIpc) is 2.24. The summed E-state index contributed by atoms with van der Waals surface area (Å²) in [5, 5.41) is 6.60. The topological polar surface area (TPSA) is 24.1 Å². The normalized spacial score (nSPS) is 10.7. The lowest BCUT2D eigenvalue weighted by atomic mass is 10.1. The van der Waals surface area contributed by atoms with Crippen LogP contribution in [0.5, 0.6) is 0 Å².